The fourth-order valence-corrected chi connectivity index (χ4v) is 4.11. The second-order valence-corrected chi connectivity index (χ2v) is 8.60. The van der Waals surface area contributed by atoms with E-state index in [0.29, 0.717) is 23.9 Å². The smallest absolute Gasteiger partial charge is 0.440 e. The third-order valence-electron chi connectivity index (χ3n) is 5.83. The van der Waals surface area contributed by atoms with Crippen LogP contribution in [0.15, 0.2) is 51.7 Å². The van der Waals surface area contributed by atoms with E-state index in [-0.39, 0.29) is 34.7 Å². The van der Waals surface area contributed by atoms with Crippen molar-refractivity contribution in [2.45, 2.75) is 38.7 Å². The zero-order chi connectivity index (χ0) is 26.2. The number of para-hydroxylation sites is 1. The molecular weight excluding hydrogens is 484 g/mol. The number of fused-ring (bicyclic) bond motifs is 1. The van der Waals surface area contributed by atoms with Gasteiger partial charge in [-0.1, -0.05) is 18.2 Å². The molecule has 36 heavy (non-hydrogen) atoms. The zero-order valence-electron chi connectivity index (χ0n) is 19.3. The number of alkyl halides is 4. The van der Waals surface area contributed by atoms with Crippen molar-refractivity contribution in [3.63, 3.8) is 0 Å². The molecule has 2 aromatic carbocycles. The highest BCUT2D eigenvalue weighted by atomic mass is 19.4. The number of nitrogens with zero attached hydrogens (tertiary/aromatic N) is 1. The standard InChI is InChI=1S/C25H22F4N2O5/c1-13-9-17(22-18(10-13)20(32)11-21(35-22)31-8-7-15(26)12-31)14(2)30-19-6-4-3-5-16(19)23(33)36-24(34)25(27,28)29/h3-6,9-11,14-15,30H,7-8,12H2,1-2H3/t14?,15-/m1/s1. The third kappa shape index (κ3) is 5.19. The van der Waals surface area contributed by atoms with Gasteiger partial charge in [0.2, 0.25) is 0 Å². The van der Waals surface area contributed by atoms with Crippen LogP contribution in [0.1, 0.15) is 40.9 Å². The Morgan fingerprint density at radius 2 is 1.92 bits per heavy atom. The van der Waals surface area contributed by atoms with Crippen LogP contribution in [-0.4, -0.2) is 37.4 Å². The van der Waals surface area contributed by atoms with Gasteiger partial charge in [0.25, 0.3) is 0 Å². The highest BCUT2D eigenvalue weighted by molar-refractivity contribution is 6.02. The Bertz CT molecular complexity index is 1390. The van der Waals surface area contributed by atoms with Gasteiger partial charge in [-0.05, 0) is 44.0 Å². The molecule has 1 N–H and O–H groups in total. The maximum absolute atomic E-state index is 13.7. The molecule has 7 nitrogen and oxygen atoms in total. The molecule has 0 amide bonds. The molecule has 1 unspecified atom stereocenters. The van der Waals surface area contributed by atoms with E-state index >= 15 is 0 Å². The maximum atomic E-state index is 13.7. The normalized spacial score (nSPS) is 16.7. The second-order valence-electron chi connectivity index (χ2n) is 8.60. The highest BCUT2D eigenvalue weighted by Crippen LogP contribution is 2.32. The maximum Gasteiger partial charge on any atom is 0.491 e. The molecule has 3 aromatic rings. The first-order valence-corrected chi connectivity index (χ1v) is 11.1. The Morgan fingerprint density at radius 3 is 2.58 bits per heavy atom. The molecule has 0 saturated carbocycles. The molecule has 0 radical (unpaired) electrons. The molecule has 2 atom stereocenters. The van der Waals surface area contributed by atoms with E-state index in [1.165, 1.54) is 24.3 Å². The van der Waals surface area contributed by atoms with Crippen LogP contribution in [0.3, 0.4) is 0 Å². The van der Waals surface area contributed by atoms with Crippen LogP contribution in [0.2, 0.25) is 0 Å². The van der Waals surface area contributed by atoms with Crippen molar-refractivity contribution in [2.24, 2.45) is 0 Å². The van der Waals surface area contributed by atoms with Crippen molar-refractivity contribution in [2.75, 3.05) is 23.3 Å². The Kier molecular flexibility index (Phi) is 6.75. The van der Waals surface area contributed by atoms with Crippen molar-refractivity contribution in [3.8, 4) is 0 Å². The van der Waals surface area contributed by atoms with E-state index in [1.54, 1.807) is 36.9 Å². The van der Waals surface area contributed by atoms with Gasteiger partial charge in [0.15, 0.2) is 11.3 Å². The summed E-state index contributed by atoms with van der Waals surface area (Å²) in [5.41, 5.74) is 1.07. The minimum absolute atomic E-state index is 0.107. The van der Waals surface area contributed by atoms with E-state index < -0.39 is 30.3 Å². The third-order valence-corrected chi connectivity index (χ3v) is 5.83. The summed E-state index contributed by atoms with van der Waals surface area (Å²) >= 11 is 0. The minimum atomic E-state index is -5.32. The molecule has 1 aliphatic rings. The van der Waals surface area contributed by atoms with Crippen LogP contribution < -0.4 is 15.6 Å². The molecule has 4 rings (SSSR count). The second kappa shape index (κ2) is 9.63. The molecular formula is C25H22F4N2O5. The first-order valence-electron chi connectivity index (χ1n) is 11.1. The number of anilines is 2. The number of nitrogens with one attached hydrogen (secondary N) is 1. The van der Waals surface area contributed by atoms with Crippen molar-refractivity contribution in [1.82, 2.24) is 0 Å². The predicted octanol–water partition coefficient (Wildman–Crippen LogP) is 5.07. The van der Waals surface area contributed by atoms with Gasteiger partial charge in [-0.25, -0.2) is 14.0 Å². The van der Waals surface area contributed by atoms with Gasteiger partial charge in [-0.3, -0.25) is 4.79 Å². The Labute approximate surface area is 202 Å². The molecule has 1 fully saturated rings. The first-order chi connectivity index (χ1) is 16.9. The fraction of sp³-hybridized carbons (Fsp3) is 0.320. The number of carbonyl (C=O) groups excluding carboxylic acids is 2. The molecule has 0 spiro atoms. The summed E-state index contributed by atoms with van der Waals surface area (Å²) in [6.45, 7) is 3.99. The summed E-state index contributed by atoms with van der Waals surface area (Å²) < 4.78 is 61.4. The van der Waals surface area contributed by atoms with Crippen molar-refractivity contribution < 1.29 is 36.3 Å². The van der Waals surface area contributed by atoms with E-state index in [2.05, 4.69) is 10.1 Å². The van der Waals surface area contributed by atoms with Gasteiger partial charge in [0.05, 0.1) is 23.5 Å². The van der Waals surface area contributed by atoms with Crippen LogP contribution in [0, 0.1) is 6.92 Å². The quantitative estimate of drug-likeness (QED) is 0.294. The van der Waals surface area contributed by atoms with Gasteiger partial charge in [0.1, 0.15) is 11.8 Å². The highest BCUT2D eigenvalue weighted by Gasteiger charge is 2.42. The number of esters is 2. The van der Waals surface area contributed by atoms with Crippen LogP contribution in [0.5, 0.6) is 0 Å². The molecule has 2 heterocycles. The van der Waals surface area contributed by atoms with Crippen molar-refractivity contribution >= 4 is 34.5 Å². The van der Waals surface area contributed by atoms with Gasteiger partial charge in [-0.2, -0.15) is 13.2 Å². The summed E-state index contributed by atoms with van der Waals surface area (Å²) in [5.74, 6) is -3.85. The molecule has 0 bridgehead atoms. The lowest BCUT2D eigenvalue weighted by Gasteiger charge is -2.21. The number of carbonyl (C=O) groups is 2. The molecule has 1 aliphatic heterocycles. The van der Waals surface area contributed by atoms with Crippen LogP contribution in [0.4, 0.5) is 29.1 Å². The number of hydrogen-bond acceptors (Lipinski definition) is 7. The average molecular weight is 506 g/mol. The Hall–Kier alpha value is -3.89. The number of ether oxygens (including phenoxy) is 1. The van der Waals surface area contributed by atoms with E-state index in [4.69, 9.17) is 4.42 Å². The van der Waals surface area contributed by atoms with Crippen LogP contribution in [-0.2, 0) is 9.53 Å². The molecule has 190 valence electrons. The van der Waals surface area contributed by atoms with Crippen LogP contribution in [0.25, 0.3) is 11.0 Å². The van der Waals surface area contributed by atoms with E-state index in [1.807, 2.05) is 0 Å². The van der Waals surface area contributed by atoms with Gasteiger partial charge in [-0.15, -0.1) is 0 Å². The summed E-state index contributed by atoms with van der Waals surface area (Å²) in [5, 5.41) is 3.33. The average Bonchev–Trinajstić information content (AvgIpc) is 3.25. The molecule has 0 aliphatic carbocycles. The lowest BCUT2D eigenvalue weighted by Crippen LogP contribution is -2.28. The summed E-state index contributed by atoms with van der Waals surface area (Å²) in [4.78, 5) is 37.9. The number of rotatable bonds is 5. The Morgan fingerprint density at radius 1 is 1.19 bits per heavy atom. The predicted molar refractivity (Wildman–Crippen MR) is 124 cm³/mol. The van der Waals surface area contributed by atoms with Crippen molar-refractivity contribution in [3.05, 3.63) is 69.4 Å². The minimum Gasteiger partial charge on any atom is -0.440 e. The lowest BCUT2D eigenvalue weighted by atomic mass is 10.0. The molecule has 1 saturated heterocycles. The monoisotopic (exact) mass is 506 g/mol. The lowest BCUT2D eigenvalue weighted by molar-refractivity contribution is -0.193. The zero-order valence-corrected chi connectivity index (χ0v) is 19.3. The van der Waals surface area contributed by atoms with Crippen molar-refractivity contribution in [1.29, 1.82) is 0 Å². The molecule has 11 heteroatoms. The SMILES string of the molecule is Cc1cc(C(C)Nc2ccccc2C(=O)OC(=O)C(F)(F)F)c2oc(N3CC[C@@H](F)C3)cc(=O)c2c1. The van der Waals surface area contributed by atoms with E-state index in [9.17, 15) is 31.9 Å². The Balaban J connectivity index is 1.69. The first kappa shape index (κ1) is 25.2. The van der Waals surface area contributed by atoms with Gasteiger partial charge in [0, 0.05) is 23.9 Å². The van der Waals surface area contributed by atoms with Gasteiger partial charge >= 0.3 is 18.1 Å². The largest absolute Gasteiger partial charge is 0.491 e. The summed E-state index contributed by atoms with van der Waals surface area (Å²) in [7, 11) is 0. The van der Waals surface area contributed by atoms with E-state index in [0.717, 1.165) is 5.56 Å². The summed E-state index contributed by atoms with van der Waals surface area (Å²) in [6, 6.07) is 9.76. The number of hydrogen-bond donors (Lipinski definition) is 1. The number of benzene rings is 2. The topological polar surface area (TPSA) is 88.8 Å². The molecule has 1 aromatic heterocycles. The van der Waals surface area contributed by atoms with Gasteiger partial charge < -0.3 is 19.4 Å². The number of aryl methyl sites for hydroxylation is 1. The number of halogens is 4. The fourth-order valence-electron chi connectivity index (χ4n) is 4.11. The summed E-state index contributed by atoms with van der Waals surface area (Å²) in [6.07, 6.45) is -6.02. The van der Waals surface area contributed by atoms with Crippen LogP contribution >= 0.6 is 0 Å².